The number of aromatic nitrogens is 3. The highest BCUT2D eigenvalue weighted by molar-refractivity contribution is 6.13. The van der Waals surface area contributed by atoms with Crippen molar-refractivity contribution in [3.8, 4) is 84.1 Å². The Kier molecular flexibility index (Phi) is 11.1. The van der Waals surface area contributed by atoms with Crippen LogP contribution in [-0.2, 0) is 6.18 Å². The monoisotopic (exact) mass is 915 g/mol. The SMILES string of the molecule is Cc1ccc(-c2cc(-c3nc(-c4ccccc4)cc(-c4ccccc4)n3)cc(-c3ccc(C(F)(F)F)cc3)c2-n2c3ccc(-c4ccc(C)cc4C)cc3c3cc(-c4ccc(C)cc4C)ccc32)cc1. The first kappa shape index (κ1) is 44.2. The second-order valence-electron chi connectivity index (χ2n) is 18.5. The van der Waals surface area contributed by atoms with Crippen molar-refractivity contribution in [3.63, 3.8) is 0 Å². The first-order valence-electron chi connectivity index (χ1n) is 23.5. The largest absolute Gasteiger partial charge is 0.416 e. The van der Waals surface area contributed by atoms with Gasteiger partial charge in [0.1, 0.15) is 0 Å². The van der Waals surface area contributed by atoms with Crippen LogP contribution < -0.4 is 0 Å². The van der Waals surface area contributed by atoms with Gasteiger partial charge in [-0.3, -0.25) is 0 Å². The number of nitrogens with zero attached hydrogens (tertiary/aromatic N) is 3. The van der Waals surface area contributed by atoms with Crippen LogP contribution in [0.1, 0.15) is 33.4 Å². The molecule has 0 radical (unpaired) electrons. The zero-order valence-electron chi connectivity index (χ0n) is 39.5. The number of halogens is 3. The molecule has 0 saturated heterocycles. The molecule has 0 amide bonds. The highest BCUT2D eigenvalue weighted by atomic mass is 19.4. The second-order valence-corrected chi connectivity index (χ2v) is 18.5. The highest BCUT2D eigenvalue weighted by Gasteiger charge is 2.31. The molecule has 9 aromatic carbocycles. The van der Waals surface area contributed by atoms with Crippen molar-refractivity contribution in [3.05, 3.63) is 234 Å². The molecule has 11 rings (SSSR count). The van der Waals surface area contributed by atoms with Gasteiger partial charge in [-0.25, -0.2) is 9.97 Å². The minimum absolute atomic E-state index is 0.492. The smallest absolute Gasteiger partial charge is 0.308 e. The Bertz CT molecular complexity index is 3610. The average molecular weight is 916 g/mol. The maximum absolute atomic E-state index is 14.3. The lowest BCUT2D eigenvalue weighted by Crippen LogP contribution is -2.05. The van der Waals surface area contributed by atoms with E-state index in [2.05, 4.69) is 148 Å². The molecule has 6 heteroatoms. The summed E-state index contributed by atoms with van der Waals surface area (Å²) in [5.74, 6) is 0.492. The molecule has 0 fully saturated rings. The third-order valence-corrected chi connectivity index (χ3v) is 13.5. The first-order valence-corrected chi connectivity index (χ1v) is 23.5. The number of aryl methyl sites for hydroxylation is 5. The zero-order chi connectivity index (χ0) is 48.3. The molecule has 340 valence electrons. The van der Waals surface area contributed by atoms with E-state index >= 15 is 0 Å². The van der Waals surface area contributed by atoms with Gasteiger partial charge in [0, 0.05) is 38.6 Å². The lowest BCUT2D eigenvalue weighted by atomic mass is 9.91. The van der Waals surface area contributed by atoms with Crippen molar-refractivity contribution >= 4 is 21.8 Å². The number of benzene rings is 9. The van der Waals surface area contributed by atoms with E-state index in [9.17, 15) is 13.2 Å². The van der Waals surface area contributed by atoms with Gasteiger partial charge < -0.3 is 4.57 Å². The van der Waals surface area contributed by atoms with Crippen LogP contribution >= 0.6 is 0 Å². The molecule has 0 aliphatic rings. The lowest BCUT2D eigenvalue weighted by Gasteiger charge is -2.22. The first-order chi connectivity index (χ1) is 33.9. The van der Waals surface area contributed by atoms with Crippen LogP contribution in [0.5, 0.6) is 0 Å². The predicted octanol–water partition coefficient (Wildman–Crippen LogP) is 17.8. The topological polar surface area (TPSA) is 30.7 Å². The van der Waals surface area contributed by atoms with Crippen LogP contribution in [0.2, 0.25) is 0 Å². The summed E-state index contributed by atoms with van der Waals surface area (Å²) in [6, 6.07) is 66.8. The van der Waals surface area contributed by atoms with E-state index in [1.54, 1.807) is 12.1 Å². The summed E-state index contributed by atoms with van der Waals surface area (Å²) in [4.78, 5) is 10.5. The summed E-state index contributed by atoms with van der Waals surface area (Å²) in [6.45, 7) is 10.6. The van der Waals surface area contributed by atoms with Crippen molar-refractivity contribution in [1.82, 2.24) is 14.5 Å². The summed E-state index contributed by atoms with van der Waals surface area (Å²) in [7, 11) is 0. The van der Waals surface area contributed by atoms with Gasteiger partial charge in [0.2, 0.25) is 0 Å². The van der Waals surface area contributed by atoms with E-state index < -0.39 is 11.7 Å². The molecular weight excluding hydrogens is 868 g/mol. The van der Waals surface area contributed by atoms with Crippen LogP contribution in [0.25, 0.3) is 106 Å². The normalized spacial score (nSPS) is 11.7. The number of alkyl halides is 3. The average Bonchev–Trinajstić information content (AvgIpc) is 3.69. The molecule has 0 N–H and O–H groups in total. The summed E-state index contributed by atoms with van der Waals surface area (Å²) < 4.78 is 45.2. The molecule has 11 aromatic rings. The molecule has 2 heterocycles. The third-order valence-electron chi connectivity index (χ3n) is 13.5. The van der Waals surface area contributed by atoms with E-state index in [4.69, 9.17) is 9.97 Å². The molecule has 0 aliphatic carbocycles. The van der Waals surface area contributed by atoms with Crippen LogP contribution in [0.4, 0.5) is 13.2 Å². The molecule has 70 heavy (non-hydrogen) atoms. The van der Waals surface area contributed by atoms with Crippen molar-refractivity contribution in [1.29, 1.82) is 0 Å². The van der Waals surface area contributed by atoms with Gasteiger partial charge in [0.05, 0.1) is 33.7 Å². The molecule has 0 aliphatic heterocycles. The van der Waals surface area contributed by atoms with Gasteiger partial charge in [0.15, 0.2) is 5.82 Å². The number of hydrogen-bond acceptors (Lipinski definition) is 2. The fourth-order valence-corrected chi connectivity index (χ4v) is 9.98. The molecule has 0 unspecified atom stereocenters. The molecule has 0 atom stereocenters. The van der Waals surface area contributed by atoms with Crippen LogP contribution in [0.3, 0.4) is 0 Å². The Hall–Kier alpha value is -8.35. The third kappa shape index (κ3) is 8.26. The van der Waals surface area contributed by atoms with Gasteiger partial charge in [0.25, 0.3) is 0 Å². The van der Waals surface area contributed by atoms with Gasteiger partial charge in [-0.1, -0.05) is 162 Å². The Labute approximate surface area is 406 Å². The van der Waals surface area contributed by atoms with Gasteiger partial charge >= 0.3 is 6.18 Å². The van der Waals surface area contributed by atoms with Crippen molar-refractivity contribution in [2.45, 2.75) is 40.8 Å². The van der Waals surface area contributed by atoms with E-state index in [0.29, 0.717) is 11.4 Å². The van der Waals surface area contributed by atoms with Crippen molar-refractivity contribution < 1.29 is 13.2 Å². The molecule has 0 bridgehead atoms. The zero-order valence-corrected chi connectivity index (χ0v) is 39.5. The standard InChI is InChI=1S/C64H48F3N3/c1-39-16-20-44(21-17-39)54-36-50(63-68-58(46-12-8-6-9-13-46)38-59(69-63)47-14-10-7-11-15-47)37-55(45-22-26-51(27-23-45)64(65,66)67)62(54)70-60-30-24-48(52-28-18-40(2)32-42(52)4)34-56(60)57-35-49(25-31-61(57)70)53-29-19-41(3)33-43(53)5/h6-38H,1-5H3. The fourth-order valence-electron chi connectivity index (χ4n) is 9.98. The van der Waals surface area contributed by atoms with E-state index in [1.165, 1.54) is 34.4 Å². The highest BCUT2D eigenvalue weighted by Crippen LogP contribution is 2.46. The molecule has 3 nitrogen and oxygen atoms in total. The quantitative estimate of drug-likeness (QED) is 0.152. The molecule has 2 aromatic heterocycles. The van der Waals surface area contributed by atoms with Crippen LogP contribution in [-0.4, -0.2) is 14.5 Å². The van der Waals surface area contributed by atoms with Crippen LogP contribution in [0, 0.1) is 34.6 Å². The van der Waals surface area contributed by atoms with Gasteiger partial charge in [-0.2, -0.15) is 13.2 Å². The van der Waals surface area contributed by atoms with Crippen molar-refractivity contribution in [2.24, 2.45) is 0 Å². The Morgan fingerprint density at radius 2 is 0.786 bits per heavy atom. The Morgan fingerprint density at radius 1 is 0.357 bits per heavy atom. The maximum Gasteiger partial charge on any atom is 0.416 e. The number of hydrogen-bond donors (Lipinski definition) is 0. The number of rotatable bonds is 8. The van der Waals surface area contributed by atoms with Gasteiger partial charge in [-0.05, 0) is 134 Å². The van der Waals surface area contributed by atoms with Gasteiger partial charge in [-0.15, -0.1) is 0 Å². The molecule has 0 spiro atoms. The minimum Gasteiger partial charge on any atom is -0.308 e. The van der Waals surface area contributed by atoms with E-state index in [0.717, 1.165) is 100 Å². The summed E-state index contributed by atoms with van der Waals surface area (Å²) in [5, 5.41) is 2.12. The maximum atomic E-state index is 14.3. The van der Waals surface area contributed by atoms with E-state index in [-0.39, 0.29) is 0 Å². The number of fused-ring (bicyclic) bond motifs is 3. The summed E-state index contributed by atoms with van der Waals surface area (Å²) >= 11 is 0. The second kappa shape index (κ2) is 17.6. The molecule has 0 saturated carbocycles. The summed E-state index contributed by atoms with van der Waals surface area (Å²) in [6.07, 6.45) is -4.51. The van der Waals surface area contributed by atoms with E-state index in [1.807, 2.05) is 66.7 Å². The molecular formula is C64H48F3N3. The van der Waals surface area contributed by atoms with Crippen molar-refractivity contribution in [2.75, 3.05) is 0 Å². The lowest BCUT2D eigenvalue weighted by molar-refractivity contribution is -0.137. The predicted molar refractivity (Wildman–Crippen MR) is 283 cm³/mol. The Morgan fingerprint density at radius 3 is 1.23 bits per heavy atom. The van der Waals surface area contributed by atoms with Crippen LogP contribution in [0.15, 0.2) is 200 Å². The summed E-state index contributed by atoms with van der Waals surface area (Å²) in [5.41, 5.74) is 19.7. The Balaban J connectivity index is 1.26. The minimum atomic E-state index is -4.51. The fraction of sp³-hybridized carbons (Fsp3) is 0.0938.